The van der Waals surface area contributed by atoms with Gasteiger partial charge in [-0.05, 0) is 36.4 Å². The highest BCUT2D eigenvalue weighted by Gasteiger charge is 2.40. The van der Waals surface area contributed by atoms with Gasteiger partial charge in [0.05, 0.1) is 17.2 Å². The largest absolute Gasteiger partial charge is 0.433 e. The van der Waals surface area contributed by atoms with E-state index in [4.69, 9.17) is 5.26 Å². The summed E-state index contributed by atoms with van der Waals surface area (Å²) >= 11 is 0. The Hall–Kier alpha value is -3.90. The molecule has 1 aromatic carbocycles. The summed E-state index contributed by atoms with van der Waals surface area (Å²) < 4.78 is 155. The molecule has 37 heavy (non-hydrogen) atoms. The van der Waals surface area contributed by atoms with E-state index in [0.29, 0.717) is 6.08 Å². The van der Waals surface area contributed by atoms with Crippen LogP contribution in [0.15, 0.2) is 42.5 Å². The lowest BCUT2D eigenvalue weighted by atomic mass is 9.94. The van der Waals surface area contributed by atoms with Crippen molar-refractivity contribution in [1.29, 1.82) is 5.26 Å². The minimum Gasteiger partial charge on any atom is -0.292 e. The number of rotatable bonds is 5. The maximum Gasteiger partial charge on any atom is 0.433 e. The Bertz CT molecular complexity index is 1210. The Morgan fingerprint density at radius 3 is 1.49 bits per heavy atom. The number of carbonyl (C=O) groups is 2. The molecule has 0 saturated carbocycles. The fraction of sp³-hybridized carbons (Fsp3) is 0.238. The molecule has 0 N–H and O–H groups in total. The normalized spacial score (nSPS) is 13.9. The molecule has 0 radical (unpaired) electrons. The molecule has 0 fully saturated rings. The van der Waals surface area contributed by atoms with Crippen LogP contribution < -0.4 is 0 Å². The summed E-state index contributed by atoms with van der Waals surface area (Å²) in [6.07, 6.45) is -21.0. The molecule has 0 amide bonds. The highest BCUT2D eigenvalue weighted by atomic mass is 19.4. The summed E-state index contributed by atoms with van der Waals surface area (Å²) in [5.74, 6) is -5.50. The molecule has 0 saturated heterocycles. The molecular weight excluding hydrogens is 540 g/mol. The van der Waals surface area contributed by atoms with E-state index >= 15 is 0 Å². The van der Waals surface area contributed by atoms with Crippen molar-refractivity contribution in [2.75, 3.05) is 0 Å². The fourth-order valence-electron chi connectivity index (χ4n) is 2.71. The van der Waals surface area contributed by atoms with Crippen molar-refractivity contribution in [2.45, 2.75) is 24.7 Å². The van der Waals surface area contributed by atoms with E-state index in [1.54, 1.807) is 0 Å². The van der Waals surface area contributed by atoms with Crippen molar-refractivity contribution >= 4 is 11.6 Å². The number of Topliss-reactive ketones (excluding diaryl/α,β-unsaturated/α-hetero) is 1. The third-order valence-corrected chi connectivity index (χ3v) is 4.42. The molecule has 0 spiro atoms. The summed E-state index contributed by atoms with van der Waals surface area (Å²) in [6, 6.07) is 0.764. The quantitative estimate of drug-likeness (QED) is 0.231. The second-order valence-electron chi connectivity index (χ2n) is 7.11. The third kappa shape index (κ3) is 7.30. The average molecular weight is 548 g/mol. The van der Waals surface area contributed by atoms with Gasteiger partial charge in [0.2, 0.25) is 0 Å². The first-order valence-electron chi connectivity index (χ1n) is 9.27. The van der Waals surface area contributed by atoms with Gasteiger partial charge in [-0.1, -0.05) is 6.08 Å². The van der Waals surface area contributed by atoms with Gasteiger partial charge in [-0.25, -0.2) is 4.98 Å². The SMILES string of the molecule is N#CC(C=CC(=O)c1cc(C(F)(F)F)nc(C(F)(F)F)c1)C(=O)c1cc(C(F)(F)F)cc(C(F)(F)F)c1. The van der Waals surface area contributed by atoms with Gasteiger partial charge in [0, 0.05) is 11.1 Å². The monoisotopic (exact) mass is 548 g/mol. The molecule has 0 aliphatic carbocycles. The standard InChI is InChI=1S/C21H8F12N2O2/c22-18(23,24)12-3-11(4-13(7-12)19(25,26)27)17(37)9(8-34)1-2-14(36)10-5-15(20(28,29)30)35-16(6-10)21(31,32)33/h1-7,9H. The summed E-state index contributed by atoms with van der Waals surface area (Å²) in [4.78, 5) is 27.0. The van der Waals surface area contributed by atoms with Crippen molar-refractivity contribution in [1.82, 2.24) is 4.98 Å². The smallest absolute Gasteiger partial charge is 0.292 e. The van der Waals surface area contributed by atoms with E-state index in [-0.39, 0.29) is 36.4 Å². The number of aromatic nitrogens is 1. The predicted molar refractivity (Wildman–Crippen MR) is 97.6 cm³/mol. The molecule has 2 aromatic rings. The maximum atomic E-state index is 13.0. The zero-order chi connectivity index (χ0) is 28.6. The number of nitriles is 1. The van der Waals surface area contributed by atoms with E-state index in [0.717, 1.165) is 0 Å². The highest BCUT2D eigenvalue weighted by molar-refractivity contribution is 6.06. The molecule has 0 bridgehead atoms. The van der Waals surface area contributed by atoms with Gasteiger partial charge >= 0.3 is 24.7 Å². The molecular formula is C21H8F12N2O2. The topological polar surface area (TPSA) is 70.8 Å². The lowest BCUT2D eigenvalue weighted by Crippen LogP contribution is -2.17. The van der Waals surface area contributed by atoms with Gasteiger partial charge in [-0.15, -0.1) is 0 Å². The molecule has 16 heteroatoms. The summed E-state index contributed by atoms with van der Waals surface area (Å²) in [6.45, 7) is 0. The molecule has 1 unspecified atom stereocenters. The van der Waals surface area contributed by atoms with Crippen LogP contribution in [0.5, 0.6) is 0 Å². The van der Waals surface area contributed by atoms with Crippen LogP contribution in [-0.2, 0) is 24.7 Å². The first-order valence-corrected chi connectivity index (χ1v) is 9.27. The van der Waals surface area contributed by atoms with E-state index in [1.165, 1.54) is 6.07 Å². The molecule has 4 nitrogen and oxygen atoms in total. The van der Waals surface area contributed by atoms with Crippen LogP contribution in [0.3, 0.4) is 0 Å². The zero-order valence-electron chi connectivity index (χ0n) is 17.4. The van der Waals surface area contributed by atoms with Crippen LogP contribution in [0.25, 0.3) is 0 Å². The first kappa shape index (κ1) is 29.3. The summed E-state index contributed by atoms with van der Waals surface area (Å²) in [5, 5.41) is 9.12. The van der Waals surface area contributed by atoms with Gasteiger partial charge in [0.15, 0.2) is 11.6 Å². The van der Waals surface area contributed by atoms with Gasteiger partial charge in [-0.3, -0.25) is 9.59 Å². The van der Waals surface area contributed by atoms with Crippen LogP contribution >= 0.6 is 0 Å². The Labute approximate surface area is 197 Å². The van der Waals surface area contributed by atoms with Gasteiger partial charge in [0.1, 0.15) is 17.3 Å². The number of benzene rings is 1. The van der Waals surface area contributed by atoms with Crippen molar-refractivity contribution in [3.8, 4) is 6.07 Å². The number of hydrogen-bond donors (Lipinski definition) is 0. The lowest BCUT2D eigenvalue weighted by molar-refractivity contribution is -0.150. The number of nitrogens with zero attached hydrogens (tertiary/aromatic N) is 2. The molecule has 0 aliphatic rings. The lowest BCUT2D eigenvalue weighted by Gasteiger charge is -2.14. The minimum atomic E-state index is -5.41. The van der Waals surface area contributed by atoms with E-state index in [1.807, 2.05) is 0 Å². The molecule has 1 atom stereocenters. The molecule has 1 heterocycles. The number of ketones is 2. The first-order chi connectivity index (χ1) is 16.6. The van der Waals surface area contributed by atoms with Crippen molar-refractivity contribution in [3.63, 3.8) is 0 Å². The minimum absolute atomic E-state index is 0.00561. The van der Waals surface area contributed by atoms with Gasteiger partial charge < -0.3 is 0 Å². The zero-order valence-corrected chi connectivity index (χ0v) is 17.4. The number of carbonyl (C=O) groups excluding carboxylic acids is 2. The van der Waals surface area contributed by atoms with Crippen molar-refractivity contribution < 1.29 is 62.3 Å². The van der Waals surface area contributed by atoms with Crippen LogP contribution in [0.1, 0.15) is 43.2 Å². The number of allylic oxidation sites excluding steroid dienone is 2. The number of pyridine rings is 1. The highest BCUT2D eigenvalue weighted by Crippen LogP contribution is 2.37. The number of hydrogen-bond acceptors (Lipinski definition) is 4. The molecule has 198 valence electrons. The Morgan fingerprint density at radius 1 is 0.703 bits per heavy atom. The molecule has 2 rings (SSSR count). The Morgan fingerprint density at radius 2 is 1.14 bits per heavy atom. The van der Waals surface area contributed by atoms with Crippen LogP contribution in [-0.4, -0.2) is 16.6 Å². The summed E-state index contributed by atoms with van der Waals surface area (Å²) in [5.41, 5.74) is -10.5. The van der Waals surface area contributed by atoms with Gasteiger partial charge in [0.25, 0.3) is 0 Å². The Kier molecular flexibility index (Phi) is 7.82. The van der Waals surface area contributed by atoms with Crippen molar-refractivity contribution in [2.24, 2.45) is 5.92 Å². The van der Waals surface area contributed by atoms with Crippen LogP contribution in [0.4, 0.5) is 52.7 Å². The van der Waals surface area contributed by atoms with Crippen LogP contribution in [0.2, 0.25) is 0 Å². The second-order valence-corrected chi connectivity index (χ2v) is 7.11. The maximum absolute atomic E-state index is 13.0. The van der Waals surface area contributed by atoms with Crippen LogP contribution in [0, 0.1) is 17.2 Å². The van der Waals surface area contributed by atoms with E-state index in [9.17, 15) is 62.3 Å². The van der Waals surface area contributed by atoms with E-state index in [2.05, 4.69) is 4.98 Å². The van der Waals surface area contributed by atoms with Crippen molar-refractivity contribution in [3.05, 3.63) is 76.1 Å². The van der Waals surface area contributed by atoms with Gasteiger partial charge in [-0.2, -0.15) is 57.9 Å². The molecule has 0 aliphatic heterocycles. The second kappa shape index (κ2) is 9.87. The predicted octanol–water partition coefficient (Wildman–Crippen LogP) is 6.92. The summed E-state index contributed by atoms with van der Waals surface area (Å²) in [7, 11) is 0. The number of halogens is 12. The van der Waals surface area contributed by atoms with E-state index < -0.39 is 75.8 Å². The number of alkyl halides is 12. The fourth-order valence-corrected chi connectivity index (χ4v) is 2.71. The average Bonchev–Trinajstić information content (AvgIpc) is 2.76. The Balaban J connectivity index is 2.48. The molecule has 1 aromatic heterocycles. The third-order valence-electron chi connectivity index (χ3n) is 4.42.